The Hall–Kier alpha value is -1.39. The third kappa shape index (κ3) is 2.89. The Morgan fingerprint density at radius 1 is 1.48 bits per heavy atom. The van der Waals surface area contributed by atoms with Crippen LogP contribution in [0.2, 0.25) is 0 Å². The van der Waals surface area contributed by atoms with E-state index >= 15 is 0 Å². The van der Waals surface area contributed by atoms with Crippen LogP contribution in [0.25, 0.3) is 0 Å². The van der Waals surface area contributed by atoms with Crippen LogP contribution in [0.15, 0.2) is 38.6 Å². The normalized spacial score (nSPS) is 35.3. The zero-order chi connectivity index (χ0) is 17.8. The number of allylic oxidation sites excluding steroid dienone is 1. The lowest BCUT2D eigenvalue weighted by atomic mass is 10.2. The number of aliphatic hydroxyl groups is 1. The van der Waals surface area contributed by atoms with Gasteiger partial charge in [0.05, 0.1) is 6.61 Å². The van der Waals surface area contributed by atoms with Crippen LogP contribution in [0, 0.1) is 0 Å². The molecule has 25 heavy (non-hydrogen) atoms. The van der Waals surface area contributed by atoms with Crippen LogP contribution < -0.4 is 5.32 Å². The standard InChI is InChI=1S/C14H17Cl2N5O4/c1-14(2)24-9-6(5-7(10(9)25-14)23-4-3-22)21-12-8(19-20-21)11(15)17-13(16)18-12/h5,8,10,12-13,18,22H,3-4H2,1-2H3/t8?,10-,12?,13?/m1/s1. The van der Waals surface area contributed by atoms with Gasteiger partial charge in [0, 0.05) is 19.9 Å². The lowest BCUT2D eigenvalue weighted by Gasteiger charge is -2.30. The number of ether oxygens (including phenoxy) is 3. The van der Waals surface area contributed by atoms with Crippen LogP contribution >= 0.6 is 23.2 Å². The number of nitrogens with one attached hydrogen (secondary N) is 1. The molecule has 3 aliphatic heterocycles. The molecular weight excluding hydrogens is 373 g/mol. The van der Waals surface area contributed by atoms with E-state index < -0.39 is 29.7 Å². The molecule has 2 N–H and O–H groups in total. The highest BCUT2D eigenvalue weighted by atomic mass is 35.5. The Morgan fingerprint density at radius 2 is 2.28 bits per heavy atom. The number of aliphatic imine (C=N–C) groups is 1. The molecule has 9 nitrogen and oxygen atoms in total. The molecule has 0 aromatic carbocycles. The number of hydrogen-bond acceptors (Lipinski definition) is 9. The van der Waals surface area contributed by atoms with Crippen LogP contribution in [0.1, 0.15) is 13.8 Å². The van der Waals surface area contributed by atoms with E-state index in [9.17, 15) is 0 Å². The van der Waals surface area contributed by atoms with Gasteiger partial charge in [-0.25, -0.2) is 10.0 Å². The highest BCUT2D eigenvalue weighted by molar-refractivity contribution is 6.67. The maximum absolute atomic E-state index is 9.03. The first-order valence-electron chi connectivity index (χ1n) is 7.79. The van der Waals surface area contributed by atoms with Crippen LogP contribution in [-0.2, 0) is 14.2 Å². The molecule has 3 heterocycles. The van der Waals surface area contributed by atoms with E-state index in [1.807, 2.05) is 13.8 Å². The minimum Gasteiger partial charge on any atom is -0.492 e. The number of halogens is 2. The molecule has 11 heteroatoms. The van der Waals surface area contributed by atoms with Gasteiger partial charge in [-0.05, 0) is 0 Å². The fraction of sp³-hybridized carbons (Fsp3) is 0.643. The van der Waals surface area contributed by atoms with E-state index in [0.29, 0.717) is 22.4 Å². The Morgan fingerprint density at radius 3 is 3.04 bits per heavy atom. The Bertz CT molecular complexity index is 707. The molecule has 1 aliphatic carbocycles. The molecule has 1 fully saturated rings. The molecule has 0 radical (unpaired) electrons. The van der Waals surface area contributed by atoms with Gasteiger partial charge in [-0.1, -0.05) is 28.4 Å². The van der Waals surface area contributed by atoms with Gasteiger partial charge < -0.3 is 19.3 Å². The monoisotopic (exact) mass is 389 g/mol. The van der Waals surface area contributed by atoms with E-state index in [-0.39, 0.29) is 13.2 Å². The average molecular weight is 390 g/mol. The van der Waals surface area contributed by atoms with Gasteiger partial charge in [-0.15, -0.1) is 0 Å². The summed E-state index contributed by atoms with van der Waals surface area (Å²) in [5, 5.41) is 22.4. The molecule has 3 unspecified atom stereocenters. The van der Waals surface area contributed by atoms with E-state index in [2.05, 4.69) is 20.6 Å². The zero-order valence-corrected chi connectivity index (χ0v) is 15.0. The summed E-state index contributed by atoms with van der Waals surface area (Å²) in [6.45, 7) is 3.67. The third-order valence-electron chi connectivity index (χ3n) is 4.02. The summed E-state index contributed by atoms with van der Waals surface area (Å²) in [6, 6.07) is -0.450. The lowest BCUT2D eigenvalue weighted by molar-refractivity contribution is -0.134. The van der Waals surface area contributed by atoms with Crippen LogP contribution in [0.3, 0.4) is 0 Å². The van der Waals surface area contributed by atoms with Crippen molar-refractivity contribution < 1.29 is 19.3 Å². The summed E-state index contributed by atoms with van der Waals surface area (Å²) in [6.07, 6.45) is 0.874. The number of nitrogens with zero attached hydrogens (tertiary/aromatic N) is 4. The molecule has 0 bridgehead atoms. The van der Waals surface area contributed by atoms with Crippen LogP contribution in [0.4, 0.5) is 0 Å². The van der Waals surface area contributed by atoms with Crippen molar-refractivity contribution in [2.45, 2.75) is 43.6 Å². The molecule has 4 aliphatic rings. The molecule has 0 saturated carbocycles. The fourth-order valence-electron chi connectivity index (χ4n) is 3.06. The van der Waals surface area contributed by atoms with Gasteiger partial charge in [0.2, 0.25) is 5.79 Å². The topological polar surface area (TPSA) is 100 Å². The van der Waals surface area contributed by atoms with E-state index in [4.69, 9.17) is 42.5 Å². The zero-order valence-electron chi connectivity index (χ0n) is 13.5. The quantitative estimate of drug-likeness (QED) is 0.556. The molecule has 0 amide bonds. The molecule has 4 rings (SSSR count). The van der Waals surface area contributed by atoms with Crippen molar-refractivity contribution >= 4 is 28.4 Å². The largest absolute Gasteiger partial charge is 0.492 e. The van der Waals surface area contributed by atoms with Crippen LogP contribution in [0.5, 0.6) is 0 Å². The Kier molecular flexibility index (Phi) is 4.16. The van der Waals surface area contributed by atoms with Crippen LogP contribution in [-0.4, -0.2) is 58.2 Å². The van der Waals surface area contributed by atoms with Crippen molar-refractivity contribution in [2.24, 2.45) is 15.3 Å². The van der Waals surface area contributed by atoms with Gasteiger partial charge in [0.15, 0.2) is 23.5 Å². The minimum absolute atomic E-state index is 0.103. The second-order valence-electron chi connectivity index (χ2n) is 6.26. The minimum atomic E-state index is -0.808. The number of hydrogen-bond donors (Lipinski definition) is 2. The molecule has 1 saturated heterocycles. The molecule has 0 spiro atoms. The summed E-state index contributed by atoms with van der Waals surface area (Å²) in [5.41, 5.74) is -0.0312. The van der Waals surface area contributed by atoms with E-state index in [1.54, 1.807) is 11.1 Å². The molecule has 4 atom stereocenters. The number of aliphatic hydroxyl groups excluding tert-OH is 1. The van der Waals surface area contributed by atoms with Crippen molar-refractivity contribution in [3.63, 3.8) is 0 Å². The van der Waals surface area contributed by atoms with Gasteiger partial charge in [0.1, 0.15) is 29.4 Å². The first kappa shape index (κ1) is 17.0. The van der Waals surface area contributed by atoms with Crippen molar-refractivity contribution in [3.05, 3.63) is 23.3 Å². The maximum atomic E-state index is 9.03. The third-order valence-corrected chi connectivity index (χ3v) is 4.56. The van der Waals surface area contributed by atoms with Gasteiger partial charge in [-0.2, -0.15) is 5.11 Å². The van der Waals surface area contributed by atoms with Crippen molar-refractivity contribution in [1.29, 1.82) is 0 Å². The number of rotatable bonds is 4. The number of fused-ring (bicyclic) bond motifs is 2. The average Bonchev–Trinajstić information content (AvgIpc) is 3.16. The summed E-state index contributed by atoms with van der Waals surface area (Å²) in [7, 11) is 0. The summed E-state index contributed by atoms with van der Waals surface area (Å²) in [5.74, 6) is 0.308. The first-order chi connectivity index (χ1) is 11.9. The van der Waals surface area contributed by atoms with Crippen molar-refractivity contribution in [2.75, 3.05) is 13.2 Å². The highest BCUT2D eigenvalue weighted by Crippen LogP contribution is 2.44. The SMILES string of the molecule is CC1(C)OC2=C(N3N=NC4C(Cl)=NC(Cl)NC43)C=C(OCCO)[C@H]2O1. The molecule has 136 valence electrons. The predicted octanol–water partition coefficient (Wildman–Crippen LogP) is 1.40. The Balaban J connectivity index is 1.66. The highest BCUT2D eigenvalue weighted by Gasteiger charge is 2.50. The first-order valence-corrected chi connectivity index (χ1v) is 8.60. The predicted molar refractivity (Wildman–Crippen MR) is 88.5 cm³/mol. The molecule has 0 aromatic rings. The summed E-state index contributed by atoms with van der Waals surface area (Å²) in [4.78, 5) is 4.05. The summed E-state index contributed by atoms with van der Waals surface area (Å²) >= 11 is 12.2. The Labute approximate surface area is 153 Å². The van der Waals surface area contributed by atoms with E-state index in [1.165, 1.54) is 0 Å². The second-order valence-corrected chi connectivity index (χ2v) is 7.06. The summed E-state index contributed by atoms with van der Waals surface area (Å²) < 4.78 is 17.4. The van der Waals surface area contributed by atoms with E-state index in [0.717, 1.165) is 0 Å². The molecular formula is C14H17Cl2N5O4. The van der Waals surface area contributed by atoms with Gasteiger partial charge in [0.25, 0.3) is 0 Å². The smallest absolute Gasteiger partial charge is 0.205 e. The fourth-order valence-corrected chi connectivity index (χ4v) is 3.60. The lowest BCUT2D eigenvalue weighted by Crippen LogP contribution is -2.53. The number of alkyl halides is 1. The maximum Gasteiger partial charge on any atom is 0.205 e. The van der Waals surface area contributed by atoms with Gasteiger partial charge in [-0.3, -0.25) is 5.32 Å². The van der Waals surface area contributed by atoms with Crippen molar-refractivity contribution in [3.8, 4) is 0 Å². The molecule has 0 aromatic heterocycles. The van der Waals surface area contributed by atoms with Gasteiger partial charge >= 0.3 is 0 Å². The van der Waals surface area contributed by atoms with Crippen molar-refractivity contribution in [1.82, 2.24) is 10.3 Å². The second kappa shape index (κ2) is 6.10.